The Morgan fingerprint density at radius 3 is 1.79 bits per heavy atom. The van der Waals surface area contributed by atoms with Crippen molar-refractivity contribution in [1.29, 1.82) is 0 Å². The molecule has 0 radical (unpaired) electrons. The molecule has 5 heteroatoms. The normalized spacial score (nSPS) is 13.3. The summed E-state index contributed by atoms with van der Waals surface area (Å²) in [5, 5.41) is 11.3. The Kier molecular flexibility index (Phi) is 15.1. The molecule has 1 atom stereocenters. The highest BCUT2D eigenvalue weighted by Crippen LogP contribution is 2.33. The first-order valence-electron chi connectivity index (χ1n) is 13.2. The summed E-state index contributed by atoms with van der Waals surface area (Å²) in [6.45, 7) is 9.92. The summed E-state index contributed by atoms with van der Waals surface area (Å²) in [4.78, 5) is 0. The topological polar surface area (TPSA) is 38.7 Å². The number of rotatable bonds is 19. The lowest BCUT2D eigenvalue weighted by Crippen LogP contribution is -2.47. The Bertz CT molecular complexity index is 624. The zero-order valence-corrected chi connectivity index (χ0v) is 21.7. The fourth-order valence-corrected chi connectivity index (χ4v) is 4.34. The second-order valence-electron chi connectivity index (χ2n) is 9.92. The fraction of sp³-hybridized carbons (Fsp3) is 0.786. The van der Waals surface area contributed by atoms with E-state index in [9.17, 15) is 13.9 Å². The number of aryl methyl sites for hydroxylation is 1. The van der Waals surface area contributed by atoms with Gasteiger partial charge in [-0.05, 0) is 71.1 Å². The molecule has 192 valence electrons. The standard InChI is InChI=1S/C28H48F2O3/c1-6-7-8-9-10-14-17-25(28(31,32-22(2)3)33-23(4)5)18-15-12-11-13-16-24-19-20-26(29)27(30)21-24/h19-23,25,31H,6-18H2,1-5H3. The molecule has 1 aromatic carbocycles. The number of halogens is 2. The summed E-state index contributed by atoms with van der Waals surface area (Å²) in [5.41, 5.74) is 0.833. The molecule has 0 aliphatic carbocycles. The monoisotopic (exact) mass is 470 g/mol. The molecule has 0 heterocycles. The minimum atomic E-state index is -1.56. The van der Waals surface area contributed by atoms with Crippen molar-refractivity contribution in [2.24, 2.45) is 5.92 Å². The number of benzene rings is 1. The minimum Gasteiger partial charge on any atom is -0.343 e. The maximum Gasteiger partial charge on any atom is 0.283 e. The van der Waals surface area contributed by atoms with Gasteiger partial charge in [0.15, 0.2) is 11.6 Å². The molecule has 0 saturated heterocycles. The lowest BCUT2D eigenvalue weighted by Gasteiger charge is -2.38. The minimum absolute atomic E-state index is 0.0698. The van der Waals surface area contributed by atoms with Gasteiger partial charge in [0.05, 0.1) is 12.2 Å². The van der Waals surface area contributed by atoms with E-state index in [1.165, 1.54) is 44.2 Å². The molecule has 0 fully saturated rings. The number of unbranched alkanes of at least 4 members (excludes halogenated alkanes) is 8. The molecule has 0 aliphatic heterocycles. The molecule has 1 unspecified atom stereocenters. The fourth-order valence-electron chi connectivity index (χ4n) is 4.34. The summed E-state index contributed by atoms with van der Waals surface area (Å²) in [6.07, 6.45) is 13.4. The maximum atomic E-state index is 13.4. The number of ether oxygens (including phenoxy) is 2. The molecule has 0 amide bonds. The van der Waals surface area contributed by atoms with Crippen LogP contribution in [0.4, 0.5) is 8.78 Å². The van der Waals surface area contributed by atoms with Gasteiger partial charge in [-0.1, -0.05) is 70.8 Å². The van der Waals surface area contributed by atoms with Crippen LogP contribution in [0.15, 0.2) is 18.2 Å². The van der Waals surface area contributed by atoms with E-state index in [1.807, 2.05) is 27.7 Å². The van der Waals surface area contributed by atoms with E-state index < -0.39 is 17.6 Å². The van der Waals surface area contributed by atoms with Crippen LogP contribution in [-0.4, -0.2) is 23.3 Å². The highest BCUT2D eigenvalue weighted by Gasteiger charge is 2.40. The van der Waals surface area contributed by atoms with E-state index >= 15 is 0 Å². The lowest BCUT2D eigenvalue weighted by atomic mass is 9.91. The number of aliphatic hydroxyl groups is 1. The molecular weight excluding hydrogens is 422 g/mol. The van der Waals surface area contributed by atoms with Crippen LogP contribution >= 0.6 is 0 Å². The van der Waals surface area contributed by atoms with E-state index in [4.69, 9.17) is 9.47 Å². The summed E-state index contributed by atoms with van der Waals surface area (Å²) < 4.78 is 38.3. The molecule has 0 saturated carbocycles. The smallest absolute Gasteiger partial charge is 0.283 e. The molecule has 0 spiro atoms. The zero-order valence-electron chi connectivity index (χ0n) is 21.7. The van der Waals surface area contributed by atoms with Crippen molar-refractivity contribution in [3.63, 3.8) is 0 Å². The third kappa shape index (κ3) is 12.8. The third-order valence-corrected chi connectivity index (χ3v) is 5.98. The number of hydrogen-bond acceptors (Lipinski definition) is 3. The predicted molar refractivity (Wildman–Crippen MR) is 132 cm³/mol. The zero-order chi connectivity index (χ0) is 24.7. The van der Waals surface area contributed by atoms with Crippen LogP contribution in [0.25, 0.3) is 0 Å². The highest BCUT2D eigenvalue weighted by molar-refractivity contribution is 5.17. The Hall–Kier alpha value is -1.04. The van der Waals surface area contributed by atoms with Crippen molar-refractivity contribution in [3.05, 3.63) is 35.4 Å². The quantitative estimate of drug-likeness (QED) is 0.163. The van der Waals surface area contributed by atoms with Gasteiger partial charge in [0.2, 0.25) is 0 Å². The Morgan fingerprint density at radius 1 is 0.758 bits per heavy atom. The maximum absolute atomic E-state index is 13.4. The van der Waals surface area contributed by atoms with Gasteiger partial charge in [-0.15, -0.1) is 0 Å². The van der Waals surface area contributed by atoms with Crippen molar-refractivity contribution in [2.45, 2.75) is 136 Å². The first-order chi connectivity index (χ1) is 15.7. The average molecular weight is 471 g/mol. The molecule has 0 aliphatic rings. The average Bonchev–Trinajstić information content (AvgIpc) is 2.72. The summed E-state index contributed by atoms with van der Waals surface area (Å²) >= 11 is 0. The van der Waals surface area contributed by atoms with Gasteiger partial charge < -0.3 is 14.6 Å². The molecule has 33 heavy (non-hydrogen) atoms. The Balaban J connectivity index is 2.55. The van der Waals surface area contributed by atoms with Crippen molar-refractivity contribution in [3.8, 4) is 0 Å². The van der Waals surface area contributed by atoms with Crippen LogP contribution in [0.2, 0.25) is 0 Å². The van der Waals surface area contributed by atoms with Crippen LogP contribution < -0.4 is 0 Å². The first-order valence-corrected chi connectivity index (χ1v) is 13.2. The second kappa shape index (κ2) is 16.6. The van der Waals surface area contributed by atoms with E-state index in [0.29, 0.717) is 0 Å². The van der Waals surface area contributed by atoms with E-state index in [0.717, 1.165) is 56.9 Å². The molecule has 1 N–H and O–H groups in total. The van der Waals surface area contributed by atoms with Crippen molar-refractivity contribution in [2.75, 3.05) is 0 Å². The van der Waals surface area contributed by atoms with E-state index in [1.54, 1.807) is 6.07 Å². The SMILES string of the molecule is CCCCCCCCC(CCCCCCc1ccc(F)c(F)c1)C(O)(OC(C)C)OC(C)C. The van der Waals surface area contributed by atoms with Gasteiger partial charge in [0.1, 0.15) is 0 Å². The van der Waals surface area contributed by atoms with Gasteiger partial charge in [-0.25, -0.2) is 8.78 Å². The largest absolute Gasteiger partial charge is 0.343 e. The first kappa shape index (κ1) is 30.0. The lowest BCUT2D eigenvalue weighted by molar-refractivity contribution is -0.407. The molecule has 1 rings (SSSR count). The van der Waals surface area contributed by atoms with Gasteiger partial charge in [0, 0.05) is 5.92 Å². The molecule has 0 bridgehead atoms. The highest BCUT2D eigenvalue weighted by atomic mass is 19.2. The van der Waals surface area contributed by atoms with Crippen LogP contribution in [0, 0.1) is 17.6 Å². The van der Waals surface area contributed by atoms with Gasteiger partial charge in [0.25, 0.3) is 5.97 Å². The van der Waals surface area contributed by atoms with Crippen LogP contribution in [0.5, 0.6) is 0 Å². The summed E-state index contributed by atoms with van der Waals surface area (Å²) in [6, 6.07) is 4.14. The molecule has 0 aromatic heterocycles. The Labute approximate surface area is 201 Å². The van der Waals surface area contributed by atoms with Crippen LogP contribution in [0.1, 0.15) is 117 Å². The predicted octanol–water partition coefficient (Wildman–Crippen LogP) is 8.32. The summed E-state index contributed by atoms with van der Waals surface area (Å²) in [5.74, 6) is -3.20. The van der Waals surface area contributed by atoms with E-state index in [2.05, 4.69) is 6.92 Å². The summed E-state index contributed by atoms with van der Waals surface area (Å²) in [7, 11) is 0. The molecule has 1 aromatic rings. The van der Waals surface area contributed by atoms with Crippen LogP contribution in [-0.2, 0) is 15.9 Å². The number of hydrogen-bond donors (Lipinski definition) is 1. The van der Waals surface area contributed by atoms with Gasteiger partial charge in [-0.2, -0.15) is 0 Å². The third-order valence-electron chi connectivity index (χ3n) is 5.98. The second-order valence-corrected chi connectivity index (χ2v) is 9.92. The molecular formula is C28H48F2O3. The van der Waals surface area contributed by atoms with Crippen molar-refractivity contribution in [1.82, 2.24) is 0 Å². The van der Waals surface area contributed by atoms with Gasteiger partial charge in [-0.3, -0.25) is 0 Å². The van der Waals surface area contributed by atoms with Crippen molar-refractivity contribution < 1.29 is 23.4 Å². The van der Waals surface area contributed by atoms with E-state index in [-0.39, 0.29) is 18.1 Å². The van der Waals surface area contributed by atoms with Crippen LogP contribution in [0.3, 0.4) is 0 Å². The van der Waals surface area contributed by atoms with Crippen molar-refractivity contribution >= 4 is 0 Å². The Morgan fingerprint density at radius 2 is 1.27 bits per heavy atom. The van der Waals surface area contributed by atoms with Gasteiger partial charge >= 0.3 is 0 Å². The molecule has 3 nitrogen and oxygen atoms in total.